The van der Waals surface area contributed by atoms with Crippen molar-refractivity contribution < 1.29 is 13.2 Å². The van der Waals surface area contributed by atoms with Crippen LogP contribution in [0.4, 0.5) is 0 Å². The topological polar surface area (TPSA) is 58.6 Å². The third-order valence-electron chi connectivity index (χ3n) is 3.84. The molecule has 0 saturated carbocycles. The summed E-state index contributed by atoms with van der Waals surface area (Å²) in [7, 11) is 0.0783. The lowest BCUT2D eigenvalue weighted by atomic mass is 9.78. The molecule has 2 fully saturated rings. The molecule has 0 aromatic heterocycles. The van der Waals surface area contributed by atoms with Gasteiger partial charge in [-0.05, 0) is 18.9 Å². The van der Waals surface area contributed by atoms with Gasteiger partial charge < -0.3 is 10.1 Å². The van der Waals surface area contributed by atoms with Crippen LogP contribution < -0.4 is 5.32 Å². The van der Waals surface area contributed by atoms with E-state index in [0.29, 0.717) is 6.61 Å². The Balaban J connectivity index is 2.10. The Bertz CT molecular complexity index is 342. The van der Waals surface area contributed by atoms with Gasteiger partial charge in [-0.2, -0.15) is 0 Å². The van der Waals surface area contributed by atoms with Gasteiger partial charge in [-0.3, -0.25) is 0 Å². The normalized spacial score (nSPS) is 35.3. The van der Waals surface area contributed by atoms with Crippen molar-refractivity contribution >= 4 is 10.0 Å². The minimum absolute atomic E-state index is 0.0586. The molecule has 2 atom stereocenters. The summed E-state index contributed by atoms with van der Waals surface area (Å²) in [4.78, 5) is 0. The van der Waals surface area contributed by atoms with E-state index in [1.54, 1.807) is 14.1 Å². The molecule has 1 N–H and O–H groups in total. The van der Waals surface area contributed by atoms with Gasteiger partial charge in [-0.1, -0.05) is 0 Å². The first-order valence-corrected chi connectivity index (χ1v) is 7.26. The van der Waals surface area contributed by atoms with Crippen LogP contribution in [-0.2, 0) is 14.8 Å². The average Bonchev–Trinajstić information content (AvgIpc) is 2.79. The second-order valence-corrected chi connectivity index (χ2v) is 7.28. The number of nitrogens with zero attached hydrogens (tertiary/aromatic N) is 1. The van der Waals surface area contributed by atoms with Gasteiger partial charge in [0.25, 0.3) is 0 Å². The van der Waals surface area contributed by atoms with E-state index in [4.69, 9.17) is 4.74 Å². The molecule has 2 unspecified atom stereocenters. The number of nitrogens with one attached hydrogen (secondary N) is 1. The van der Waals surface area contributed by atoms with Crippen LogP contribution in [0.25, 0.3) is 0 Å². The predicted octanol–water partition coefficient (Wildman–Crippen LogP) is -0.496. The number of ether oxygens (including phenoxy) is 1. The second kappa shape index (κ2) is 4.25. The smallest absolute Gasteiger partial charge is 0.213 e. The molecule has 5 nitrogen and oxygen atoms in total. The van der Waals surface area contributed by atoms with Crippen LogP contribution in [0.15, 0.2) is 0 Å². The van der Waals surface area contributed by atoms with E-state index in [2.05, 4.69) is 5.32 Å². The zero-order chi connectivity index (χ0) is 11.8. The maximum atomic E-state index is 11.9. The van der Waals surface area contributed by atoms with E-state index in [1.165, 1.54) is 4.31 Å². The minimum atomic E-state index is -3.11. The maximum absolute atomic E-state index is 11.9. The Morgan fingerprint density at radius 1 is 1.50 bits per heavy atom. The van der Waals surface area contributed by atoms with Gasteiger partial charge in [0.1, 0.15) is 0 Å². The number of rotatable bonds is 3. The molecule has 2 rings (SSSR count). The van der Waals surface area contributed by atoms with Gasteiger partial charge in [-0.15, -0.1) is 0 Å². The highest BCUT2D eigenvalue weighted by Crippen LogP contribution is 2.40. The van der Waals surface area contributed by atoms with Crippen molar-refractivity contribution in [3.8, 4) is 0 Å². The molecule has 94 valence electrons. The monoisotopic (exact) mass is 248 g/mol. The van der Waals surface area contributed by atoms with Gasteiger partial charge in [0.05, 0.1) is 12.4 Å². The van der Waals surface area contributed by atoms with E-state index in [1.807, 2.05) is 0 Å². The Morgan fingerprint density at radius 3 is 2.81 bits per heavy atom. The Hall–Kier alpha value is -0.170. The van der Waals surface area contributed by atoms with Crippen LogP contribution in [0.5, 0.6) is 0 Å². The molecule has 16 heavy (non-hydrogen) atoms. The van der Waals surface area contributed by atoms with E-state index >= 15 is 0 Å². The molecular formula is C10H20N2O3S. The van der Waals surface area contributed by atoms with Crippen molar-refractivity contribution in [1.29, 1.82) is 0 Å². The van der Waals surface area contributed by atoms with Gasteiger partial charge >= 0.3 is 0 Å². The van der Waals surface area contributed by atoms with Crippen molar-refractivity contribution in [1.82, 2.24) is 9.62 Å². The summed E-state index contributed by atoms with van der Waals surface area (Å²) in [5, 5.41) is 3.30. The molecule has 2 aliphatic rings. The molecule has 0 aromatic carbocycles. The molecule has 0 radical (unpaired) electrons. The predicted molar refractivity (Wildman–Crippen MR) is 61.7 cm³/mol. The first kappa shape index (κ1) is 12.3. The summed E-state index contributed by atoms with van der Waals surface area (Å²) in [6.45, 7) is 3.14. The van der Waals surface area contributed by atoms with Crippen LogP contribution in [-0.4, -0.2) is 58.9 Å². The minimum Gasteiger partial charge on any atom is -0.381 e. The molecule has 2 aliphatic heterocycles. The fourth-order valence-electron chi connectivity index (χ4n) is 2.58. The molecule has 2 heterocycles. The molecule has 6 heteroatoms. The van der Waals surface area contributed by atoms with Gasteiger partial charge in [0, 0.05) is 32.7 Å². The van der Waals surface area contributed by atoms with E-state index in [0.717, 1.165) is 26.1 Å². The summed E-state index contributed by atoms with van der Waals surface area (Å²) in [6.07, 6.45) is 0.980. The summed E-state index contributed by atoms with van der Waals surface area (Å²) >= 11 is 0. The number of hydrogen-bond donors (Lipinski definition) is 1. The lowest BCUT2D eigenvalue weighted by Gasteiger charge is -2.28. The molecule has 1 spiro atoms. The Morgan fingerprint density at radius 2 is 2.25 bits per heavy atom. The lowest BCUT2D eigenvalue weighted by molar-refractivity contribution is 0.141. The Labute approximate surface area is 97.2 Å². The van der Waals surface area contributed by atoms with Crippen molar-refractivity contribution in [3.05, 3.63) is 0 Å². The number of sulfonamides is 1. The third-order valence-corrected chi connectivity index (χ3v) is 5.77. The highest BCUT2D eigenvalue weighted by molar-refractivity contribution is 7.89. The standard InChI is InChI=1S/C10H20N2O3S/c1-12(2)16(13,14)6-9-5-11-7-10(9)3-4-15-8-10/h9,11H,3-8H2,1-2H3. The largest absolute Gasteiger partial charge is 0.381 e. The van der Waals surface area contributed by atoms with E-state index in [-0.39, 0.29) is 17.1 Å². The summed E-state index contributed by atoms with van der Waals surface area (Å²) in [5.41, 5.74) is 0.0586. The third kappa shape index (κ3) is 2.11. The first-order chi connectivity index (χ1) is 7.46. The molecular weight excluding hydrogens is 228 g/mol. The zero-order valence-corrected chi connectivity index (χ0v) is 10.7. The Kier molecular flexibility index (Phi) is 3.27. The SMILES string of the molecule is CN(C)S(=O)(=O)CC1CNCC12CCOC2. The van der Waals surface area contributed by atoms with Crippen molar-refractivity contribution in [3.63, 3.8) is 0 Å². The average molecular weight is 248 g/mol. The van der Waals surface area contributed by atoms with E-state index in [9.17, 15) is 8.42 Å². The van der Waals surface area contributed by atoms with Crippen molar-refractivity contribution in [2.45, 2.75) is 6.42 Å². The van der Waals surface area contributed by atoms with Gasteiger partial charge in [0.15, 0.2) is 0 Å². The van der Waals surface area contributed by atoms with Gasteiger partial charge in [-0.25, -0.2) is 12.7 Å². The highest BCUT2D eigenvalue weighted by atomic mass is 32.2. The van der Waals surface area contributed by atoms with Crippen molar-refractivity contribution in [2.24, 2.45) is 11.3 Å². The number of hydrogen-bond acceptors (Lipinski definition) is 4. The fourth-order valence-corrected chi connectivity index (χ4v) is 3.86. The summed E-state index contributed by atoms with van der Waals surface area (Å²) in [6, 6.07) is 0. The van der Waals surface area contributed by atoms with Crippen LogP contribution >= 0.6 is 0 Å². The summed E-state index contributed by atoms with van der Waals surface area (Å²) in [5.74, 6) is 0.415. The molecule has 0 bridgehead atoms. The van der Waals surface area contributed by atoms with E-state index < -0.39 is 10.0 Å². The fraction of sp³-hybridized carbons (Fsp3) is 1.00. The van der Waals surface area contributed by atoms with Crippen LogP contribution in [0.2, 0.25) is 0 Å². The van der Waals surface area contributed by atoms with Crippen LogP contribution in [0.1, 0.15) is 6.42 Å². The molecule has 0 aliphatic carbocycles. The quantitative estimate of drug-likeness (QED) is 0.732. The van der Waals surface area contributed by atoms with Crippen molar-refractivity contribution in [2.75, 3.05) is 46.2 Å². The lowest BCUT2D eigenvalue weighted by Crippen LogP contribution is -2.38. The first-order valence-electron chi connectivity index (χ1n) is 5.65. The summed E-state index contributed by atoms with van der Waals surface area (Å²) < 4.78 is 30.5. The molecule has 2 saturated heterocycles. The molecule has 0 aromatic rings. The van der Waals surface area contributed by atoms with Crippen LogP contribution in [0, 0.1) is 11.3 Å². The zero-order valence-electron chi connectivity index (χ0n) is 9.90. The van der Waals surface area contributed by atoms with Gasteiger partial charge in [0.2, 0.25) is 10.0 Å². The second-order valence-electron chi connectivity index (χ2n) is 5.05. The maximum Gasteiger partial charge on any atom is 0.213 e. The highest BCUT2D eigenvalue weighted by Gasteiger charge is 2.47. The van der Waals surface area contributed by atoms with Crippen LogP contribution in [0.3, 0.4) is 0 Å². The molecule has 0 amide bonds.